The van der Waals surface area contributed by atoms with Crippen LogP contribution < -0.4 is 9.47 Å². The van der Waals surface area contributed by atoms with Gasteiger partial charge >= 0.3 is 5.97 Å². The molecule has 2 aliphatic rings. The number of pyridine rings is 1. The van der Waals surface area contributed by atoms with Gasteiger partial charge in [-0.15, -0.1) is 0 Å². The number of aliphatic carboxylic acids is 1. The van der Waals surface area contributed by atoms with Crippen LogP contribution in [0, 0.1) is 18.3 Å². The molecule has 2 aromatic rings. The van der Waals surface area contributed by atoms with Gasteiger partial charge in [0, 0.05) is 29.3 Å². The highest BCUT2D eigenvalue weighted by atomic mass is 16.5. The maximum atomic E-state index is 11.8. The largest absolute Gasteiger partial charge is 0.495 e. The smallest absolute Gasteiger partial charge is 0.309 e. The van der Waals surface area contributed by atoms with Crippen molar-refractivity contribution in [2.45, 2.75) is 64.2 Å². The van der Waals surface area contributed by atoms with Gasteiger partial charge in [0.2, 0.25) is 5.88 Å². The lowest BCUT2D eigenvalue weighted by Gasteiger charge is -2.36. The van der Waals surface area contributed by atoms with Gasteiger partial charge in [0.15, 0.2) is 0 Å². The van der Waals surface area contributed by atoms with Gasteiger partial charge in [0.05, 0.1) is 25.3 Å². The van der Waals surface area contributed by atoms with Crippen LogP contribution in [0.5, 0.6) is 11.6 Å². The molecule has 0 aliphatic heterocycles. The summed E-state index contributed by atoms with van der Waals surface area (Å²) < 4.78 is 11.4. The Morgan fingerprint density at radius 3 is 2.61 bits per heavy atom. The Labute approximate surface area is 183 Å². The Hall–Kier alpha value is -2.70. The summed E-state index contributed by atoms with van der Waals surface area (Å²) in [5.74, 6) is 2.52. The van der Waals surface area contributed by atoms with Crippen LogP contribution in [0.3, 0.4) is 0 Å². The lowest BCUT2D eigenvalue weighted by molar-refractivity contribution is -0.151. The van der Waals surface area contributed by atoms with Crippen LogP contribution in [-0.4, -0.2) is 39.7 Å². The highest BCUT2D eigenvalue weighted by Gasteiger charge is 2.42. The van der Waals surface area contributed by atoms with E-state index in [-0.39, 0.29) is 5.92 Å². The molecule has 7 heteroatoms. The number of hydrogen-bond donors (Lipinski definition) is 1. The first kappa shape index (κ1) is 21.5. The second-order valence-corrected chi connectivity index (χ2v) is 8.93. The third-order valence-corrected chi connectivity index (χ3v) is 7.15. The van der Waals surface area contributed by atoms with E-state index in [1.165, 1.54) is 0 Å². The molecule has 0 saturated heterocycles. The molecule has 2 heterocycles. The lowest BCUT2D eigenvalue weighted by Crippen LogP contribution is -2.34. The first-order valence-corrected chi connectivity index (χ1v) is 11.2. The fourth-order valence-corrected chi connectivity index (χ4v) is 4.77. The van der Waals surface area contributed by atoms with E-state index in [1.807, 2.05) is 32.2 Å². The molecule has 2 aromatic heterocycles. The Balaban J connectivity index is 1.40. The van der Waals surface area contributed by atoms with Crippen molar-refractivity contribution in [1.29, 1.82) is 0 Å². The minimum absolute atomic E-state index is 0.243. The van der Waals surface area contributed by atoms with Crippen molar-refractivity contribution >= 4 is 5.97 Å². The van der Waals surface area contributed by atoms with Gasteiger partial charge in [-0.25, -0.2) is 4.98 Å². The maximum absolute atomic E-state index is 11.8. The minimum atomic E-state index is -0.669. The molecule has 2 fully saturated rings. The second kappa shape index (κ2) is 8.81. The van der Waals surface area contributed by atoms with E-state index in [0.29, 0.717) is 49.4 Å². The summed E-state index contributed by atoms with van der Waals surface area (Å²) in [5.41, 5.74) is 1.50. The quantitative estimate of drug-likeness (QED) is 0.665. The number of carbonyl (C=O) groups is 1. The molecule has 166 valence electrons. The van der Waals surface area contributed by atoms with Gasteiger partial charge in [0.25, 0.3) is 0 Å². The molecule has 31 heavy (non-hydrogen) atoms. The van der Waals surface area contributed by atoms with Gasteiger partial charge in [0.1, 0.15) is 11.6 Å². The Bertz CT molecular complexity index is 923. The molecule has 7 nitrogen and oxygen atoms in total. The van der Waals surface area contributed by atoms with Gasteiger partial charge < -0.3 is 14.6 Å². The van der Waals surface area contributed by atoms with Crippen molar-refractivity contribution < 1.29 is 19.4 Å². The third-order valence-electron chi connectivity index (χ3n) is 7.15. The zero-order chi connectivity index (χ0) is 22.0. The van der Waals surface area contributed by atoms with Crippen molar-refractivity contribution in [3.05, 3.63) is 41.6 Å². The van der Waals surface area contributed by atoms with Crippen LogP contribution >= 0.6 is 0 Å². The average Bonchev–Trinajstić information content (AvgIpc) is 3.57. The maximum Gasteiger partial charge on any atom is 0.309 e. The molecule has 1 N–H and O–H groups in total. The van der Waals surface area contributed by atoms with Crippen LogP contribution in [0.2, 0.25) is 0 Å². The number of aryl methyl sites for hydroxylation is 1. The van der Waals surface area contributed by atoms with Crippen molar-refractivity contribution in [2.75, 3.05) is 13.7 Å². The van der Waals surface area contributed by atoms with E-state index in [1.54, 1.807) is 13.3 Å². The zero-order valence-electron chi connectivity index (χ0n) is 18.5. The number of rotatable bonds is 8. The Morgan fingerprint density at radius 1 is 1.23 bits per heavy atom. The number of carboxylic acids is 1. The molecule has 0 unspecified atom stereocenters. The molecule has 2 aliphatic carbocycles. The number of hydrogen-bond acceptors (Lipinski definition) is 6. The number of ether oxygens (including phenoxy) is 2. The number of nitrogens with zero attached hydrogens (tertiary/aromatic N) is 3. The van der Waals surface area contributed by atoms with Crippen molar-refractivity contribution in [1.82, 2.24) is 15.0 Å². The topological polar surface area (TPSA) is 94.4 Å². The summed E-state index contributed by atoms with van der Waals surface area (Å²) in [5, 5.41) is 9.68. The van der Waals surface area contributed by atoms with E-state index in [2.05, 4.69) is 15.0 Å². The molecular weight excluding hydrogens is 394 g/mol. The van der Waals surface area contributed by atoms with Crippen molar-refractivity contribution in [3.63, 3.8) is 0 Å². The Morgan fingerprint density at radius 2 is 2.00 bits per heavy atom. The van der Waals surface area contributed by atoms with E-state index in [4.69, 9.17) is 9.47 Å². The van der Waals surface area contributed by atoms with Crippen LogP contribution in [0.15, 0.2) is 24.5 Å². The highest BCUT2D eigenvalue weighted by Crippen LogP contribution is 2.48. The minimum Gasteiger partial charge on any atom is -0.495 e. The Kier molecular flexibility index (Phi) is 6.12. The van der Waals surface area contributed by atoms with Gasteiger partial charge in [-0.3, -0.25) is 9.78 Å². The molecule has 4 rings (SSSR count). The van der Waals surface area contributed by atoms with E-state index in [9.17, 15) is 9.90 Å². The average molecular weight is 426 g/mol. The normalized spacial score (nSPS) is 27.5. The van der Waals surface area contributed by atoms with Crippen LogP contribution in [0.1, 0.15) is 74.4 Å². The third kappa shape index (κ3) is 4.50. The van der Waals surface area contributed by atoms with E-state index in [0.717, 1.165) is 36.3 Å². The van der Waals surface area contributed by atoms with E-state index >= 15 is 0 Å². The number of aromatic nitrogens is 3. The van der Waals surface area contributed by atoms with Gasteiger partial charge in [-0.2, -0.15) is 4.98 Å². The summed E-state index contributed by atoms with van der Waals surface area (Å²) in [4.78, 5) is 25.2. The highest BCUT2D eigenvalue weighted by molar-refractivity contribution is 5.74. The monoisotopic (exact) mass is 425 g/mol. The summed E-state index contributed by atoms with van der Waals surface area (Å²) in [6, 6.07) is 3.97. The zero-order valence-corrected chi connectivity index (χ0v) is 18.5. The predicted molar refractivity (Wildman–Crippen MR) is 115 cm³/mol. The first-order valence-electron chi connectivity index (χ1n) is 11.2. The number of carboxylic acid groups (broad SMARTS) is 1. The lowest BCUT2D eigenvalue weighted by atomic mass is 9.68. The molecule has 2 saturated carbocycles. The van der Waals surface area contributed by atoms with Crippen LogP contribution in [0.4, 0.5) is 0 Å². The van der Waals surface area contributed by atoms with E-state index < -0.39 is 11.4 Å². The fourth-order valence-electron chi connectivity index (χ4n) is 4.77. The molecular formula is C24H31N3O4. The molecule has 0 bridgehead atoms. The molecule has 0 aromatic carbocycles. The molecule has 0 spiro atoms. The van der Waals surface area contributed by atoms with Crippen LogP contribution in [0.25, 0.3) is 0 Å². The predicted octanol–water partition coefficient (Wildman–Crippen LogP) is 4.51. The summed E-state index contributed by atoms with van der Waals surface area (Å²) >= 11 is 0. The summed E-state index contributed by atoms with van der Waals surface area (Å²) in [7, 11) is 1.64. The van der Waals surface area contributed by atoms with Gasteiger partial charge in [-0.05, 0) is 63.5 Å². The summed E-state index contributed by atoms with van der Waals surface area (Å²) in [6.07, 6.45) is 8.38. The fraction of sp³-hybridized carbons (Fsp3) is 0.583. The summed E-state index contributed by atoms with van der Waals surface area (Å²) in [6.45, 7) is 4.44. The number of methoxy groups -OCH3 is 1. The second-order valence-electron chi connectivity index (χ2n) is 8.93. The van der Waals surface area contributed by atoms with Gasteiger partial charge in [-0.1, -0.05) is 6.92 Å². The molecule has 0 amide bonds. The SMILES string of the molecule is CCC1(C(=O)O)CCC(c2cnc(C)nc2OC[C@H]2C[C@@H]2c2ccc(OC)cn2)CC1. The standard InChI is InChI=1S/C24H31N3O4/c1-4-24(23(28)29)9-7-16(8-10-24)20-13-25-15(2)27-22(20)31-14-17-11-19(17)21-6-5-18(30-3)12-26-21/h5-6,12-13,16-17,19H,4,7-11,14H2,1-3H3,(H,28,29)/t16?,17-,19+,24?/m1/s1. The van der Waals surface area contributed by atoms with Crippen molar-refractivity contribution in [2.24, 2.45) is 11.3 Å². The molecule has 2 atom stereocenters. The van der Waals surface area contributed by atoms with Crippen LogP contribution in [-0.2, 0) is 4.79 Å². The molecule has 0 radical (unpaired) electrons. The van der Waals surface area contributed by atoms with Crippen molar-refractivity contribution in [3.8, 4) is 11.6 Å². The first-order chi connectivity index (χ1) is 15.0.